The van der Waals surface area contributed by atoms with E-state index in [-0.39, 0.29) is 0 Å². The molecule has 9 heteroatoms. The number of thioether (sulfide) groups is 4. The second kappa shape index (κ2) is 16.2. The quantitative estimate of drug-likeness (QED) is 0.301. The lowest BCUT2D eigenvalue weighted by Crippen LogP contribution is -2.51. The minimum Gasteiger partial charge on any atom is -0.518 e. The maximum absolute atomic E-state index is 5.86. The van der Waals surface area contributed by atoms with Crippen molar-refractivity contribution in [2.75, 3.05) is 74.5 Å². The van der Waals surface area contributed by atoms with Crippen LogP contribution in [0.1, 0.15) is 0 Å². The van der Waals surface area contributed by atoms with Gasteiger partial charge < -0.3 is 18.6 Å². The van der Waals surface area contributed by atoms with E-state index in [1.165, 1.54) is 0 Å². The zero-order valence-corrected chi connectivity index (χ0v) is 16.8. The summed E-state index contributed by atoms with van der Waals surface area (Å²) in [5.41, 5.74) is 0. The van der Waals surface area contributed by atoms with E-state index in [1.54, 1.807) is 47.0 Å². The maximum Gasteiger partial charge on any atom is 0.531 e. The second-order valence-corrected chi connectivity index (χ2v) is 7.97. The molecule has 0 fully saturated rings. The first-order valence-corrected chi connectivity index (χ1v) is 12.5. The molecule has 4 nitrogen and oxygen atoms in total. The average molecular weight is 375 g/mol. The van der Waals surface area contributed by atoms with E-state index < -0.39 is 6.96 Å². The molecule has 0 N–H and O–H groups in total. The zero-order valence-electron chi connectivity index (χ0n) is 13.5. The Kier molecular flexibility index (Phi) is 17.2. The predicted molar refractivity (Wildman–Crippen MR) is 103 cm³/mol. The highest BCUT2D eigenvalue weighted by atomic mass is 32.2. The van der Waals surface area contributed by atoms with Gasteiger partial charge in [0.25, 0.3) is 0 Å². The van der Waals surface area contributed by atoms with Crippen LogP contribution in [0.4, 0.5) is 0 Å². The molecule has 0 bridgehead atoms. The molecular formula is C12H28BO4S4-. The minimum absolute atomic E-state index is 0.568. The molecule has 0 saturated heterocycles. The SMILES string of the molecule is CSCCO[B-](OCCSC)(OCCSC)OCCSC. The molecule has 0 aromatic heterocycles. The van der Waals surface area contributed by atoms with Crippen molar-refractivity contribution in [3.05, 3.63) is 0 Å². The minimum atomic E-state index is -2.09. The van der Waals surface area contributed by atoms with Crippen LogP contribution in [0.5, 0.6) is 0 Å². The molecule has 0 aliphatic carbocycles. The lowest BCUT2D eigenvalue weighted by molar-refractivity contribution is -0.0225. The summed E-state index contributed by atoms with van der Waals surface area (Å²) in [5, 5.41) is 0. The fraction of sp³-hybridized carbons (Fsp3) is 1.00. The molecule has 0 unspecified atom stereocenters. The zero-order chi connectivity index (χ0) is 15.8. The van der Waals surface area contributed by atoms with Crippen LogP contribution < -0.4 is 0 Å². The summed E-state index contributed by atoms with van der Waals surface area (Å²) in [4.78, 5) is 0. The molecular weight excluding hydrogens is 347 g/mol. The molecule has 0 radical (unpaired) electrons. The molecule has 0 aromatic rings. The Morgan fingerprint density at radius 3 is 0.952 bits per heavy atom. The average Bonchev–Trinajstić information content (AvgIpc) is 2.48. The van der Waals surface area contributed by atoms with Crippen LogP contribution in [-0.4, -0.2) is 81.4 Å². The van der Waals surface area contributed by atoms with Gasteiger partial charge in [-0.3, -0.25) is 0 Å². The summed E-state index contributed by atoms with van der Waals surface area (Å²) in [6.07, 6.45) is 8.21. The molecule has 0 aromatic carbocycles. The molecule has 0 heterocycles. The highest BCUT2D eigenvalue weighted by Gasteiger charge is 2.32. The van der Waals surface area contributed by atoms with Crippen molar-refractivity contribution in [1.29, 1.82) is 0 Å². The van der Waals surface area contributed by atoms with Crippen LogP contribution in [0, 0.1) is 0 Å². The van der Waals surface area contributed by atoms with Crippen LogP contribution in [0.3, 0.4) is 0 Å². The first-order valence-electron chi connectivity index (χ1n) is 6.89. The molecule has 0 saturated carbocycles. The molecule has 0 aliphatic rings. The van der Waals surface area contributed by atoms with Gasteiger partial charge in [-0.2, -0.15) is 47.0 Å². The van der Waals surface area contributed by atoms with Gasteiger partial charge in [0.2, 0.25) is 0 Å². The molecule has 21 heavy (non-hydrogen) atoms. The van der Waals surface area contributed by atoms with Crippen molar-refractivity contribution in [1.82, 2.24) is 0 Å². The summed E-state index contributed by atoms with van der Waals surface area (Å²) in [6.45, 7) is 0.182. The third-order valence-electron chi connectivity index (χ3n) is 2.44. The highest BCUT2D eigenvalue weighted by molar-refractivity contribution is 7.99. The van der Waals surface area contributed by atoms with Crippen molar-refractivity contribution in [2.45, 2.75) is 0 Å². The standard InChI is InChI=1S/C12H28BO4S4/c1-18-9-5-14-13(15-6-10-19-2,16-7-11-20-3)17-8-12-21-4/h5-12H2,1-4H3/q-1. The van der Waals surface area contributed by atoms with Crippen molar-refractivity contribution >= 4 is 54.0 Å². The Bertz CT molecular complexity index is 182. The highest BCUT2D eigenvalue weighted by Crippen LogP contribution is 2.15. The van der Waals surface area contributed by atoms with Crippen molar-refractivity contribution < 1.29 is 18.6 Å². The monoisotopic (exact) mass is 375 g/mol. The van der Waals surface area contributed by atoms with E-state index >= 15 is 0 Å². The maximum atomic E-state index is 5.86. The van der Waals surface area contributed by atoms with Gasteiger partial charge in [-0.15, -0.1) is 0 Å². The lowest BCUT2D eigenvalue weighted by atomic mass is 10.1. The second-order valence-electron chi connectivity index (χ2n) is 4.03. The molecule has 0 aliphatic heterocycles. The fourth-order valence-corrected chi connectivity index (χ4v) is 2.44. The Hall–Kier alpha value is 1.30. The smallest absolute Gasteiger partial charge is 0.518 e. The first-order chi connectivity index (χ1) is 10.2. The lowest BCUT2D eigenvalue weighted by Gasteiger charge is -2.41. The number of hydrogen-bond donors (Lipinski definition) is 0. The Morgan fingerprint density at radius 1 is 0.524 bits per heavy atom. The van der Waals surface area contributed by atoms with Crippen molar-refractivity contribution in [3.63, 3.8) is 0 Å². The van der Waals surface area contributed by atoms with Crippen LogP contribution in [-0.2, 0) is 18.6 Å². The van der Waals surface area contributed by atoms with Crippen LogP contribution >= 0.6 is 47.0 Å². The number of rotatable bonds is 16. The van der Waals surface area contributed by atoms with Gasteiger partial charge >= 0.3 is 6.96 Å². The van der Waals surface area contributed by atoms with Gasteiger partial charge in [-0.1, -0.05) is 0 Å². The summed E-state index contributed by atoms with van der Waals surface area (Å²) in [6, 6.07) is 0. The van der Waals surface area contributed by atoms with Crippen LogP contribution in [0.25, 0.3) is 0 Å². The van der Waals surface area contributed by atoms with Crippen molar-refractivity contribution in [3.8, 4) is 0 Å². The van der Waals surface area contributed by atoms with Gasteiger partial charge in [0.05, 0.1) is 0 Å². The van der Waals surface area contributed by atoms with Crippen molar-refractivity contribution in [2.24, 2.45) is 0 Å². The molecule has 128 valence electrons. The molecule has 0 atom stereocenters. The van der Waals surface area contributed by atoms with E-state index in [2.05, 4.69) is 25.0 Å². The fourth-order valence-electron chi connectivity index (χ4n) is 1.39. The predicted octanol–water partition coefficient (Wildman–Crippen LogP) is 2.94. The Morgan fingerprint density at radius 2 is 0.762 bits per heavy atom. The summed E-state index contributed by atoms with van der Waals surface area (Å²) >= 11 is 6.93. The third kappa shape index (κ3) is 12.4. The normalized spacial score (nSPS) is 12.0. The first kappa shape index (κ1) is 22.3. The topological polar surface area (TPSA) is 36.9 Å². The van der Waals surface area contributed by atoms with Gasteiger partial charge in [-0.25, -0.2) is 0 Å². The number of hydrogen-bond acceptors (Lipinski definition) is 8. The summed E-state index contributed by atoms with van der Waals surface area (Å²) < 4.78 is 23.4. The molecule has 0 amide bonds. The Labute approximate surface area is 146 Å². The van der Waals surface area contributed by atoms with Gasteiger partial charge in [0, 0.05) is 49.4 Å². The summed E-state index contributed by atoms with van der Waals surface area (Å²) in [5.74, 6) is 3.58. The van der Waals surface area contributed by atoms with Crippen LogP contribution in [0.2, 0.25) is 0 Å². The van der Waals surface area contributed by atoms with E-state index in [1.807, 2.05) is 0 Å². The van der Waals surface area contributed by atoms with E-state index in [0.29, 0.717) is 26.4 Å². The van der Waals surface area contributed by atoms with E-state index in [9.17, 15) is 0 Å². The van der Waals surface area contributed by atoms with Crippen LogP contribution in [0.15, 0.2) is 0 Å². The van der Waals surface area contributed by atoms with Gasteiger partial charge in [0.1, 0.15) is 0 Å². The third-order valence-corrected chi connectivity index (χ3v) is 4.74. The van der Waals surface area contributed by atoms with Gasteiger partial charge in [-0.05, 0) is 25.0 Å². The largest absolute Gasteiger partial charge is 0.531 e. The van der Waals surface area contributed by atoms with E-state index in [0.717, 1.165) is 23.0 Å². The molecule has 0 rings (SSSR count). The Balaban J connectivity index is 4.52. The van der Waals surface area contributed by atoms with Gasteiger partial charge in [0.15, 0.2) is 0 Å². The molecule has 0 spiro atoms. The van der Waals surface area contributed by atoms with E-state index in [4.69, 9.17) is 18.6 Å². The summed E-state index contributed by atoms with van der Waals surface area (Å²) in [7, 11) is 0.